The van der Waals surface area contributed by atoms with Crippen molar-refractivity contribution in [2.24, 2.45) is 11.3 Å². The van der Waals surface area contributed by atoms with Gasteiger partial charge in [-0.1, -0.05) is 19.9 Å². The van der Waals surface area contributed by atoms with Crippen LogP contribution in [0.15, 0.2) is 34.9 Å². The summed E-state index contributed by atoms with van der Waals surface area (Å²) in [7, 11) is 0. The molecule has 0 heterocycles. The second kappa shape index (κ2) is 5.51. The summed E-state index contributed by atoms with van der Waals surface area (Å²) < 4.78 is 0. The maximum atomic E-state index is 12.4. The van der Waals surface area contributed by atoms with Crippen LogP contribution < -0.4 is 0 Å². The first-order valence-corrected chi connectivity index (χ1v) is 7.66. The summed E-state index contributed by atoms with van der Waals surface area (Å²) in [4.78, 5) is 23.1. The fourth-order valence-electron chi connectivity index (χ4n) is 3.30. The summed E-state index contributed by atoms with van der Waals surface area (Å²) in [5.41, 5.74) is 0.204. The molecule has 1 unspecified atom stereocenters. The van der Waals surface area contributed by atoms with Crippen LogP contribution in [0, 0.1) is 11.3 Å². The number of carboxylic acid groups (broad SMARTS) is 1. The van der Waals surface area contributed by atoms with E-state index < -0.39 is 17.0 Å². The highest BCUT2D eigenvalue weighted by Crippen LogP contribution is 2.51. The number of Topliss-reactive ketones (excluding diaryl/α,β-unsaturated/α-hetero) is 1. The van der Waals surface area contributed by atoms with Crippen LogP contribution in [0.2, 0.25) is 0 Å². The molecule has 0 radical (unpaired) electrons. The van der Waals surface area contributed by atoms with Crippen molar-refractivity contribution in [1.82, 2.24) is 0 Å². The highest BCUT2D eigenvalue weighted by molar-refractivity contribution is 5.99. The lowest BCUT2D eigenvalue weighted by Crippen LogP contribution is -2.49. The van der Waals surface area contributed by atoms with E-state index in [2.05, 4.69) is 0 Å². The van der Waals surface area contributed by atoms with Gasteiger partial charge in [0.1, 0.15) is 5.60 Å². The van der Waals surface area contributed by atoms with Crippen LogP contribution in [0.5, 0.6) is 0 Å². The van der Waals surface area contributed by atoms with E-state index in [1.54, 1.807) is 19.1 Å². The standard InChI is InChI=1S/C18H24O4/c1-11(9-15(20)21)7-8-18(22)12(2)16(13-5-6-13)14(19)10-17(18,3)4/h7-9,13,22H,5-6,10H2,1-4H3,(H,20,21)/b8-7+,11-9-. The van der Waals surface area contributed by atoms with Gasteiger partial charge in [-0.25, -0.2) is 4.79 Å². The minimum absolute atomic E-state index is 0.140. The van der Waals surface area contributed by atoms with Crippen LogP contribution in [0.1, 0.15) is 47.0 Å². The van der Waals surface area contributed by atoms with Gasteiger partial charge in [-0.15, -0.1) is 0 Å². The molecule has 2 aliphatic carbocycles. The van der Waals surface area contributed by atoms with Crippen molar-refractivity contribution < 1.29 is 19.8 Å². The normalized spacial score (nSPS) is 29.3. The van der Waals surface area contributed by atoms with Crippen LogP contribution >= 0.6 is 0 Å². The third-order valence-corrected chi connectivity index (χ3v) is 4.83. The predicted molar refractivity (Wildman–Crippen MR) is 84.3 cm³/mol. The fraction of sp³-hybridized carbons (Fsp3) is 0.556. The molecule has 0 spiro atoms. The number of aliphatic carboxylic acids is 1. The molecule has 0 aliphatic heterocycles. The lowest BCUT2D eigenvalue weighted by molar-refractivity contribution is -0.131. The number of aliphatic hydroxyl groups is 1. The average molecular weight is 304 g/mol. The summed E-state index contributed by atoms with van der Waals surface area (Å²) in [6, 6.07) is 0. The molecule has 4 nitrogen and oxygen atoms in total. The van der Waals surface area contributed by atoms with E-state index in [0.29, 0.717) is 17.9 Å². The Balaban J connectivity index is 2.45. The molecule has 4 heteroatoms. The van der Waals surface area contributed by atoms with Crippen LogP contribution in [0.25, 0.3) is 0 Å². The van der Waals surface area contributed by atoms with Gasteiger partial charge in [0.15, 0.2) is 5.78 Å². The molecule has 0 saturated heterocycles. The third-order valence-electron chi connectivity index (χ3n) is 4.83. The first-order chi connectivity index (χ1) is 10.1. The van der Waals surface area contributed by atoms with Gasteiger partial charge in [-0.05, 0) is 49.8 Å². The van der Waals surface area contributed by atoms with Gasteiger partial charge in [-0.3, -0.25) is 4.79 Å². The van der Waals surface area contributed by atoms with Crippen molar-refractivity contribution in [3.8, 4) is 0 Å². The van der Waals surface area contributed by atoms with E-state index in [-0.39, 0.29) is 5.78 Å². The van der Waals surface area contributed by atoms with E-state index in [1.807, 2.05) is 20.8 Å². The van der Waals surface area contributed by atoms with E-state index in [9.17, 15) is 14.7 Å². The molecular formula is C18H24O4. The zero-order valence-corrected chi connectivity index (χ0v) is 13.6. The van der Waals surface area contributed by atoms with Crippen molar-refractivity contribution >= 4 is 11.8 Å². The number of hydrogen-bond acceptors (Lipinski definition) is 3. The molecule has 0 bridgehead atoms. The lowest BCUT2D eigenvalue weighted by atomic mass is 9.62. The number of rotatable bonds is 4. The molecule has 0 aromatic heterocycles. The maximum Gasteiger partial charge on any atom is 0.328 e. The minimum Gasteiger partial charge on any atom is -0.478 e. The second-order valence-electron chi connectivity index (χ2n) is 7.12. The Hall–Kier alpha value is -1.68. The largest absolute Gasteiger partial charge is 0.478 e. The zero-order chi connectivity index (χ0) is 16.7. The van der Waals surface area contributed by atoms with E-state index in [0.717, 1.165) is 30.1 Å². The molecule has 22 heavy (non-hydrogen) atoms. The Morgan fingerprint density at radius 2 is 1.91 bits per heavy atom. The van der Waals surface area contributed by atoms with E-state index in [1.165, 1.54) is 0 Å². The Kier molecular flexibility index (Phi) is 4.18. The molecule has 0 amide bonds. The molecule has 1 saturated carbocycles. The molecule has 0 aromatic carbocycles. The monoisotopic (exact) mass is 304 g/mol. The highest BCUT2D eigenvalue weighted by atomic mass is 16.4. The summed E-state index contributed by atoms with van der Waals surface area (Å²) in [5.74, 6) is -0.585. The Labute approximate surface area is 131 Å². The summed E-state index contributed by atoms with van der Waals surface area (Å²) >= 11 is 0. The molecule has 2 rings (SSSR count). The molecule has 2 N–H and O–H groups in total. The van der Waals surface area contributed by atoms with Crippen molar-refractivity contribution in [3.63, 3.8) is 0 Å². The number of carbonyl (C=O) groups excluding carboxylic acids is 1. The van der Waals surface area contributed by atoms with Gasteiger partial charge in [0.2, 0.25) is 0 Å². The number of ketones is 1. The molecule has 1 fully saturated rings. The third kappa shape index (κ3) is 2.93. The van der Waals surface area contributed by atoms with Gasteiger partial charge in [0.25, 0.3) is 0 Å². The van der Waals surface area contributed by atoms with Crippen LogP contribution in [0.3, 0.4) is 0 Å². The first kappa shape index (κ1) is 16.7. The summed E-state index contributed by atoms with van der Waals surface area (Å²) in [6.07, 6.45) is 6.69. The Bertz CT molecular complexity index is 603. The fourth-order valence-corrected chi connectivity index (χ4v) is 3.30. The van der Waals surface area contributed by atoms with Crippen molar-refractivity contribution in [3.05, 3.63) is 34.9 Å². The van der Waals surface area contributed by atoms with Crippen LogP contribution in [-0.4, -0.2) is 27.6 Å². The van der Waals surface area contributed by atoms with Gasteiger partial charge in [0.05, 0.1) is 0 Å². The second-order valence-corrected chi connectivity index (χ2v) is 7.12. The highest BCUT2D eigenvalue weighted by Gasteiger charge is 2.51. The molecule has 0 aromatic rings. The quantitative estimate of drug-likeness (QED) is 0.618. The van der Waals surface area contributed by atoms with Crippen molar-refractivity contribution in [1.29, 1.82) is 0 Å². The zero-order valence-electron chi connectivity index (χ0n) is 13.6. The number of carboxylic acids is 1. The van der Waals surface area contributed by atoms with Gasteiger partial charge in [-0.2, -0.15) is 0 Å². The summed E-state index contributed by atoms with van der Waals surface area (Å²) in [5, 5.41) is 20.0. The van der Waals surface area contributed by atoms with Gasteiger partial charge in [0, 0.05) is 23.5 Å². The average Bonchev–Trinajstić information content (AvgIpc) is 3.17. The maximum absolute atomic E-state index is 12.4. The number of carbonyl (C=O) groups is 2. The lowest BCUT2D eigenvalue weighted by Gasteiger charge is -2.46. The smallest absolute Gasteiger partial charge is 0.328 e. The van der Waals surface area contributed by atoms with Crippen molar-refractivity contribution in [2.45, 2.75) is 52.6 Å². The van der Waals surface area contributed by atoms with Crippen LogP contribution in [0.4, 0.5) is 0 Å². The van der Waals surface area contributed by atoms with Gasteiger partial charge < -0.3 is 10.2 Å². The minimum atomic E-state index is -1.23. The SMILES string of the molecule is CC1=C(C2CC2)C(=O)CC(C)(C)C1(O)/C=C/C(C)=C\C(=O)O. The molecule has 1 atom stereocenters. The van der Waals surface area contributed by atoms with Gasteiger partial charge >= 0.3 is 5.97 Å². The Morgan fingerprint density at radius 3 is 2.41 bits per heavy atom. The van der Waals surface area contributed by atoms with Crippen molar-refractivity contribution in [2.75, 3.05) is 0 Å². The summed E-state index contributed by atoms with van der Waals surface area (Å²) in [6.45, 7) is 7.25. The number of allylic oxidation sites excluding steroid dienone is 3. The molecule has 2 aliphatic rings. The topological polar surface area (TPSA) is 74.6 Å². The predicted octanol–water partition coefficient (Wildman–Crippen LogP) is 3.03. The Morgan fingerprint density at radius 1 is 1.32 bits per heavy atom. The molecule has 120 valence electrons. The first-order valence-electron chi connectivity index (χ1n) is 7.66. The number of hydrogen-bond donors (Lipinski definition) is 2. The van der Waals surface area contributed by atoms with E-state index in [4.69, 9.17) is 5.11 Å². The molecular weight excluding hydrogens is 280 g/mol. The van der Waals surface area contributed by atoms with E-state index >= 15 is 0 Å². The van der Waals surface area contributed by atoms with Crippen LogP contribution in [-0.2, 0) is 9.59 Å².